The van der Waals surface area contributed by atoms with Crippen molar-refractivity contribution in [3.05, 3.63) is 119 Å². The minimum atomic E-state index is -0.860. The van der Waals surface area contributed by atoms with E-state index in [1.54, 1.807) is 6.82 Å². The molecule has 0 spiro atoms. The van der Waals surface area contributed by atoms with Crippen LogP contribution in [-0.2, 0) is 9.59 Å². The largest absolute Gasteiger partial charge is 0.437 e. The molecule has 2 fully saturated rings. The minimum absolute atomic E-state index is 0.000334. The van der Waals surface area contributed by atoms with Gasteiger partial charge in [0.05, 0.1) is 0 Å². The van der Waals surface area contributed by atoms with Crippen molar-refractivity contribution in [2.45, 2.75) is 95.7 Å². The van der Waals surface area contributed by atoms with Crippen molar-refractivity contribution in [1.82, 2.24) is 10.1 Å². The summed E-state index contributed by atoms with van der Waals surface area (Å²) in [5, 5.41) is 25.2. The van der Waals surface area contributed by atoms with Gasteiger partial charge < -0.3 is 36.4 Å². The van der Waals surface area contributed by atoms with Crippen molar-refractivity contribution in [2.24, 2.45) is 0 Å². The van der Waals surface area contributed by atoms with Crippen molar-refractivity contribution in [3.8, 4) is 0 Å². The number of amides is 2. The van der Waals surface area contributed by atoms with Gasteiger partial charge in [0.25, 0.3) is 0 Å². The van der Waals surface area contributed by atoms with E-state index in [2.05, 4.69) is 55.7 Å². The monoisotopic (exact) mass is 844 g/mol. The van der Waals surface area contributed by atoms with Gasteiger partial charge in [-0.15, -0.1) is 0 Å². The number of hydrogen-bond donors (Lipinski definition) is 6. The SMILES string of the molecule is CB(O)N1CCC(c2cccc(NC(=O)CCCCCNc3ccc(F)c(F)c3)c2)CC1.O=C(CCCCCNc1ccc(F)c(F)c1)Nc1cccc(C2CCNCC2)c1. The average molecular weight is 845 g/mol. The molecule has 14 heteroatoms. The molecule has 6 rings (SSSR count). The van der Waals surface area contributed by atoms with Gasteiger partial charge in [-0.2, -0.15) is 0 Å². The van der Waals surface area contributed by atoms with Gasteiger partial charge in [-0.05, 0) is 168 Å². The summed E-state index contributed by atoms with van der Waals surface area (Å²) >= 11 is 0. The molecule has 4 aromatic carbocycles. The number of nitrogens with zero attached hydrogens (tertiary/aromatic N) is 1. The first kappa shape index (κ1) is 47.1. The quantitative estimate of drug-likeness (QED) is 0.0316. The minimum Gasteiger partial charge on any atom is -0.437 e. The molecule has 0 atom stereocenters. The van der Waals surface area contributed by atoms with Crippen molar-refractivity contribution in [1.29, 1.82) is 0 Å². The normalized spacial score (nSPS) is 14.7. The predicted octanol–water partition coefficient (Wildman–Crippen LogP) is 9.91. The maximum absolute atomic E-state index is 13.2. The molecular formula is C47H61BF4N6O3. The number of piperidine rings is 2. The molecule has 0 bridgehead atoms. The molecule has 2 aliphatic heterocycles. The highest BCUT2D eigenvalue weighted by molar-refractivity contribution is 6.45. The number of carbonyl (C=O) groups excluding carboxylic acids is 2. The summed E-state index contributed by atoms with van der Waals surface area (Å²) in [4.78, 5) is 26.6. The van der Waals surface area contributed by atoms with Crippen molar-refractivity contribution < 1.29 is 32.2 Å². The number of benzene rings is 4. The molecule has 9 nitrogen and oxygen atoms in total. The predicted molar refractivity (Wildman–Crippen MR) is 239 cm³/mol. The number of rotatable bonds is 19. The molecule has 0 aromatic heterocycles. The van der Waals surface area contributed by atoms with Crippen LogP contribution in [0.2, 0.25) is 6.82 Å². The van der Waals surface area contributed by atoms with Crippen LogP contribution >= 0.6 is 0 Å². The second-order valence-corrected chi connectivity index (χ2v) is 16.0. The third-order valence-electron chi connectivity index (χ3n) is 11.3. The van der Waals surface area contributed by atoms with Crippen LogP contribution in [0.15, 0.2) is 84.9 Å². The molecule has 2 saturated heterocycles. The molecule has 2 amide bonds. The van der Waals surface area contributed by atoms with Gasteiger partial charge >= 0.3 is 7.05 Å². The zero-order valence-corrected chi connectivity index (χ0v) is 35.3. The smallest absolute Gasteiger partial charge is 0.376 e. The van der Waals surface area contributed by atoms with Crippen LogP contribution in [0.5, 0.6) is 0 Å². The lowest BCUT2D eigenvalue weighted by molar-refractivity contribution is -0.117. The highest BCUT2D eigenvalue weighted by Crippen LogP contribution is 2.30. The summed E-state index contributed by atoms with van der Waals surface area (Å²) in [5.41, 5.74) is 5.34. The van der Waals surface area contributed by atoms with Gasteiger partial charge in [0.2, 0.25) is 11.8 Å². The Bertz CT molecular complexity index is 1980. The van der Waals surface area contributed by atoms with Crippen LogP contribution in [0.25, 0.3) is 0 Å². The van der Waals surface area contributed by atoms with E-state index in [0.29, 0.717) is 49.1 Å². The van der Waals surface area contributed by atoms with Crippen LogP contribution in [0.4, 0.5) is 40.3 Å². The standard InChI is InChI=1S/C24H32BF2N3O2.C23H29F2N3O/c1-25(32)30-14-11-18(12-15-30)19-6-5-7-21(16-19)29-24(31)8-3-2-4-13-28-20-9-10-22(26)23(27)17-20;24-21-9-8-19(16-22(21)25)27-12-3-1-2-7-23(29)28-20-6-4-5-18(15-20)17-10-13-26-14-11-17/h5-7,9-10,16-18,28,32H,2-4,8,11-15H2,1H3,(H,29,31);4-6,8-9,15-17,26-27H,1-3,7,10-14H2,(H,28,29). The summed E-state index contributed by atoms with van der Waals surface area (Å²) in [6.07, 6.45) is 10.2. The maximum Gasteiger partial charge on any atom is 0.376 e. The molecule has 0 saturated carbocycles. The van der Waals surface area contributed by atoms with Gasteiger partial charge in [-0.25, -0.2) is 17.6 Å². The number of halogens is 4. The third-order valence-corrected chi connectivity index (χ3v) is 11.3. The van der Waals surface area contributed by atoms with Gasteiger partial charge in [-0.3, -0.25) is 9.59 Å². The second-order valence-electron chi connectivity index (χ2n) is 16.0. The Morgan fingerprint density at radius 1 is 0.607 bits per heavy atom. The number of anilines is 4. The molecule has 0 unspecified atom stereocenters. The van der Waals surface area contributed by atoms with Gasteiger partial charge in [-0.1, -0.05) is 37.1 Å². The lowest BCUT2D eigenvalue weighted by atomic mass is 9.79. The fourth-order valence-electron chi connectivity index (χ4n) is 7.80. The van der Waals surface area contributed by atoms with E-state index in [1.165, 1.54) is 23.3 Å². The van der Waals surface area contributed by atoms with E-state index in [-0.39, 0.29) is 11.8 Å². The fraction of sp³-hybridized carbons (Fsp3) is 0.447. The van der Waals surface area contributed by atoms with Gasteiger partial charge in [0.1, 0.15) is 0 Å². The lowest BCUT2D eigenvalue weighted by Gasteiger charge is -2.32. The summed E-state index contributed by atoms with van der Waals surface area (Å²) in [7, 11) is -0.400. The highest BCUT2D eigenvalue weighted by atomic mass is 19.2. The molecule has 6 N–H and O–H groups in total. The van der Waals surface area contributed by atoms with Crippen LogP contribution in [0.3, 0.4) is 0 Å². The van der Waals surface area contributed by atoms with Crippen LogP contribution in [0, 0.1) is 23.3 Å². The van der Waals surface area contributed by atoms with Crippen molar-refractivity contribution >= 4 is 41.6 Å². The number of hydrogen-bond acceptors (Lipinski definition) is 7. The van der Waals surface area contributed by atoms with Gasteiger partial charge in [0.15, 0.2) is 23.3 Å². The molecule has 328 valence electrons. The van der Waals surface area contributed by atoms with E-state index in [9.17, 15) is 32.2 Å². The molecule has 0 radical (unpaired) electrons. The first-order chi connectivity index (χ1) is 29.5. The van der Waals surface area contributed by atoms with Crippen LogP contribution in [0.1, 0.15) is 100 Å². The molecule has 0 aliphatic carbocycles. The summed E-state index contributed by atoms with van der Waals surface area (Å²) < 4.78 is 52.1. The third kappa shape index (κ3) is 16.5. The molecule has 4 aromatic rings. The van der Waals surface area contributed by atoms with Crippen LogP contribution < -0.4 is 26.6 Å². The van der Waals surface area contributed by atoms with E-state index >= 15 is 0 Å². The zero-order valence-electron chi connectivity index (χ0n) is 35.3. The molecule has 2 aliphatic rings. The zero-order chi connectivity index (χ0) is 43.4. The summed E-state index contributed by atoms with van der Waals surface area (Å²) in [6, 6.07) is 23.8. The Hall–Kier alpha value is -4.92. The molecule has 2 heterocycles. The number of carbonyl (C=O) groups is 2. The first-order valence-electron chi connectivity index (χ1n) is 21.8. The van der Waals surface area contributed by atoms with E-state index < -0.39 is 30.3 Å². The Kier molecular flexibility index (Phi) is 19.4. The number of nitrogens with one attached hydrogen (secondary N) is 5. The fourth-order valence-corrected chi connectivity index (χ4v) is 7.80. The lowest BCUT2D eigenvalue weighted by Crippen LogP contribution is -2.42. The van der Waals surface area contributed by atoms with E-state index in [1.807, 2.05) is 24.3 Å². The van der Waals surface area contributed by atoms with E-state index in [4.69, 9.17) is 0 Å². The Balaban J connectivity index is 0.000000232. The topological polar surface area (TPSA) is 118 Å². The summed E-state index contributed by atoms with van der Waals surface area (Å²) in [5.74, 6) is -2.37. The Morgan fingerprint density at radius 3 is 1.51 bits per heavy atom. The number of unbranched alkanes of at least 4 members (excludes halogenated alkanes) is 4. The van der Waals surface area contributed by atoms with Gasteiger partial charge in [0, 0.05) is 48.7 Å². The molecular weight excluding hydrogens is 783 g/mol. The van der Waals surface area contributed by atoms with Crippen LogP contribution in [-0.4, -0.2) is 68.0 Å². The summed E-state index contributed by atoms with van der Waals surface area (Å²) in [6.45, 7) is 6.96. The average Bonchev–Trinajstić information content (AvgIpc) is 3.26. The second kappa shape index (κ2) is 25.1. The Labute approximate surface area is 358 Å². The molecule has 61 heavy (non-hydrogen) atoms. The van der Waals surface area contributed by atoms with E-state index in [0.717, 1.165) is 126 Å². The highest BCUT2D eigenvalue weighted by Gasteiger charge is 2.25. The first-order valence-corrected chi connectivity index (χ1v) is 21.8. The van der Waals surface area contributed by atoms with Crippen molar-refractivity contribution in [3.63, 3.8) is 0 Å². The van der Waals surface area contributed by atoms with Crippen molar-refractivity contribution in [2.75, 3.05) is 60.5 Å². The maximum atomic E-state index is 13.2. The Morgan fingerprint density at radius 2 is 1.07 bits per heavy atom.